The SMILES string of the molecule is CCC(C)N1CCN(C(=O)C2CC3CCCCC3N2)CC1. The van der Waals surface area contributed by atoms with Crippen molar-refractivity contribution in [3.05, 3.63) is 0 Å². The molecule has 2 aliphatic heterocycles. The second-order valence-electron chi connectivity index (χ2n) is 7.22. The molecule has 120 valence electrons. The molecule has 0 spiro atoms. The molecule has 2 heterocycles. The summed E-state index contributed by atoms with van der Waals surface area (Å²) in [6, 6.07) is 1.37. The monoisotopic (exact) mass is 293 g/mol. The maximum Gasteiger partial charge on any atom is 0.239 e. The number of hydrogen-bond donors (Lipinski definition) is 1. The molecule has 3 rings (SSSR count). The summed E-state index contributed by atoms with van der Waals surface area (Å²) in [5.74, 6) is 1.13. The van der Waals surface area contributed by atoms with Crippen LogP contribution in [-0.4, -0.2) is 60.0 Å². The first-order chi connectivity index (χ1) is 10.2. The second-order valence-corrected chi connectivity index (χ2v) is 7.22. The first-order valence-electron chi connectivity index (χ1n) is 8.98. The Labute approximate surface area is 129 Å². The fourth-order valence-electron chi connectivity index (χ4n) is 4.37. The van der Waals surface area contributed by atoms with Crippen molar-refractivity contribution in [1.29, 1.82) is 0 Å². The molecule has 0 radical (unpaired) electrons. The minimum atomic E-state index is 0.105. The Morgan fingerprint density at radius 1 is 1.19 bits per heavy atom. The lowest BCUT2D eigenvalue weighted by molar-refractivity contribution is -0.135. The third kappa shape index (κ3) is 3.26. The van der Waals surface area contributed by atoms with Crippen LogP contribution in [0.3, 0.4) is 0 Å². The Kier molecular flexibility index (Phi) is 4.85. The number of nitrogens with zero attached hydrogens (tertiary/aromatic N) is 2. The predicted octanol–water partition coefficient (Wildman–Crippen LogP) is 1.85. The molecule has 0 aromatic heterocycles. The molecule has 1 saturated carbocycles. The maximum absolute atomic E-state index is 12.7. The molecular formula is C17H31N3O. The number of nitrogens with one attached hydrogen (secondary N) is 1. The topological polar surface area (TPSA) is 35.6 Å². The van der Waals surface area contributed by atoms with Crippen LogP contribution >= 0.6 is 0 Å². The highest BCUT2D eigenvalue weighted by molar-refractivity contribution is 5.82. The average molecular weight is 293 g/mol. The largest absolute Gasteiger partial charge is 0.339 e. The number of carbonyl (C=O) groups excluding carboxylic acids is 1. The van der Waals surface area contributed by atoms with Crippen LogP contribution in [0.5, 0.6) is 0 Å². The van der Waals surface area contributed by atoms with Crippen LogP contribution in [0.1, 0.15) is 52.4 Å². The quantitative estimate of drug-likeness (QED) is 0.862. The summed E-state index contributed by atoms with van der Waals surface area (Å²) >= 11 is 0. The van der Waals surface area contributed by atoms with Crippen LogP contribution in [0.25, 0.3) is 0 Å². The minimum absolute atomic E-state index is 0.105. The van der Waals surface area contributed by atoms with E-state index in [4.69, 9.17) is 0 Å². The number of carbonyl (C=O) groups is 1. The number of rotatable bonds is 3. The van der Waals surface area contributed by atoms with Gasteiger partial charge in [-0.2, -0.15) is 0 Å². The number of fused-ring (bicyclic) bond motifs is 1. The maximum atomic E-state index is 12.7. The first-order valence-corrected chi connectivity index (χ1v) is 8.98. The molecule has 4 heteroatoms. The van der Waals surface area contributed by atoms with Crippen LogP contribution in [-0.2, 0) is 4.79 Å². The van der Waals surface area contributed by atoms with Gasteiger partial charge in [-0.25, -0.2) is 0 Å². The average Bonchev–Trinajstić information content (AvgIpc) is 2.97. The Balaban J connectivity index is 1.50. The zero-order valence-corrected chi connectivity index (χ0v) is 13.7. The van der Waals surface area contributed by atoms with Crippen molar-refractivity contribution in [2.45, 2.75) is 70.5 Å². The molecule has 1 amide bonds. The molecule has 3 fully saturated rings. The molecule has 2 saturated heterocycles. The Hall–Kier alpha value is -0.610. The lowest BCUT2D eigenvalue weighted by atomic mass is 9.85. The summed E-state index contributed by atoms with van der Waals surface area (Å²) in [6.45, 7) is 8.45. The number of hydrogen-bond acceptors (Lipinski definition) is 3. The molecule has 21 heavy (non-hydrogen) atoms. The smallest absolute Gasteiger partial charge is 0.239 e. The van der Waals surface area contributed by atoms with Gasteiger partial charge in [-0.3, -0.25) is 9.69 Å². The van der Waals surface area contributed by atoms with Gasteiger partial charge in [-0.15, -0.1) is 0 Å². The minimum Gasteiger partial charge on any atom is -0.339 e. The summed E-state index contributed by atoms with van der Waals surface area (Å²) in [4.78, 5) is 17.4. The molecule has 0 aromatic carbocycles. The Morgan fingerprint density at radius 2 is 1.90 bits per heavy atom. The fraction of sp³-hybridized carbons (Fsp3) is 0.941. The second kappa shape index (κ2) is 6.66. The third-order valence-corrected chi connectivity index (χ3v) is 6.00. The van der Waals surface area contributed by atoms with E-state index in [2.05, 4.69) is 29.0 Å². The van der Waals surface area contributed by atoms with Gasteiger partial charge in [-0.05, 0) is 38.5 Å². The number of amides is 1. The van der Waals surface area contributed by atoms with Gasteiger partial charge in [0.25, 0.3) is 0 Å². The van der Waals surface area contributed by atoms with E-state index in [1.807, 2.05) is 0 Å². The summed E-state index contributed by atoms with van der Waals surface area (Å²) in [5.41, 5.74) is 0. The molecule has 3 aliphatic rings. The van der Waals surface area contributed by atoms with E-state index in [9.17, 15) is 4.79 Å². The van der Waals surface area contributed by atoms with Gasteiger partial charge < -0.3 is 10.2 Å². The molecule has 1 aliphatic carbocycles. The van der Waals surface area contributed by atoms with Crippen molar-refractivity contribution in [2.24, 2.45) is 5.92 Å². The van der Waals surface area contributed by atoms with Gasteiger partial charge in [0, 0.05) is 38.3 Å². The van der Waals surface area contributed by atoms with Crippen LogP contribution in [0, 0.1) is 5.92 Å². The van der Waals surface area contributed by atoms with Crippen molar-refractivity contribution >= 4 is 5.91 Å². The van der Waals surface area contributed by atoms with Crippen molar-refractivity contribution in [1.82, 2.24) is 15.1 Å². The van der Waals surface area contributed by atoms with E-state index >= 15 is 0 Å². The van der Waals surface area contributed by atoms with Crippen molar-refractivity contribution < 1.29 is 4.79 Å². The van der Waals surface area contributed by atoms with Crippen molar-refractivity contribution in [3.8, 4) is 0 Å². The summed E-state index contributed by atoms with van der Waals surface area (Å²) in [6.07, 6.45) is 7.57. The van der Waals surface area contributed by atoms with E-state index in [0.717, 1.165) is 38.5 Å². The van der Waals surface area contributed by atoms with Crippen LogP contribution in [0.15, 0.2) is 0 Å². The van der Waals surface area contributed by atoms with Crippen LogP contribution in [0.4, 0.5) is 0 Å². The van der Waals surface area contributed by atoms with Gasteiger partial charge in [0.2, 0.25) is 5.91 Å². The zero-order valence-electron chi connectivity index (χ0n) is 13.7. The lowest BCUT2D eigenvalue weighted by Gasteiger charge is -2.38. The van der Waals surface area contributed by atoms with Crippen molar-refractivity contribution in [3.63, 3.8) is 0 Å². The molecule has 1 N–H and O–H groups in total. The Bertz CT molecular complexity index is 351. The summed E-state index contributed by atoms with van der Waals surface area (Å²) in [7, 11) is 0. The normalized spacial score (nSPS) is 35.5. The van der Waals surface area contributed by atoms with E-state index in [1.165, 1.54) is 32.1 Å². The van der Waals surface area contributed by atoms with E-state index in [0.29, 0.717) is 18.0 Å². The predicted molar refractivity (Wildman–Crippen MR) is 85.2 cm³/mol. The highest BCUT2D eigenvalue weighted by atomic mass is 16.2. The van der Waals surface area contributed by atoms with Gasteiger partial charge in [0.05, 0.1) is 6.04 Å². The van der Waals surface area contributed by atoms with Gasteiger partial charge >= 0.3 is 0 Å². The van der Waals surface area contributed by atoms with E-state index in [-0.39, 0.29) is 6.04 Å². The fourth-order valence-corrected chi connectivity index (χ4v) is 4.37. The molecule has 0 aromatic rings. The van der Waals surface area contributed by atoms with Gasteiger partial charge in [0.15, 0.2) is 0 Å². The van der Waals surface area contributed by atoms with Crippen LogP contribution in [0.2, 0.25) is 0 Å². The zero-order chi connectivity index (χ0) is 14.8. The highest BCUT2D eigenvalue weighted by Crippen LogP contribution is 2.33. The first kappa shape index (κ1) is 15.3. The van der Waals surface area contributed by atoms with Gasteiger partial charge in [-0.1, -0.05) is 19.8 Å². The number of piperazine rings is 1. The van der Waals surface area contributed by atoms with E-state index in [1.54, 1.807) is 0 Å². The lowest BCUT2D eigenvalue weighted by Crippen LogP contribution is -2.55. The van der Waals surface area contributed by atoms with E-state index < -0.39 is 0 Å². The molecular weight excluding hydrogens is 262 g/mol. The third-order valence-electron chi connectivity index (χ3n) is 6.00. The summed E-state index contributed by atoms with van der Waals surface area (Å²) < 4.78 is 0. The molecule has 4 atom stereocenters. The summed E-state index contributed by atoms with van der Waals surface area (Å²) in [5, 5.41) is 3.63. The Morgan fingerprint density at radius 3 is 2.57 bits per heavy atom. The molecule has 4 nitrogen and oxygen atoms in total. The highest BCUT2D eigenvalue weighted by Gasteiger charge is 2.40. The van der Waals surface area contributed by atoms with Crippen LogP contribution < -0.4 is 5.32 Å². The molecule has 4 unspecified atom stereocenters. The van der Waals surface area contributed by atoms with Gasteiger partial charge in [0.1, 0.15) is 0 Å². The van der Waals surface area contributed by atoms with Crippen molar-refractivity contribution in [2.75, 3.05) is 26.2 Å². The standard InChI is InChI=1S/C17H31N3O/c1-3-13(2)19-8-10-20(11-9-19)17(21)16-12-14-6-4-5-7-15(14)18-16/h13-16,18H,3-12H2,1-2H3. The molecule has 0 bridgehead atoms.